The van der Waals surface area contributed by atoms with Crippen molar-refractivity contribution in [2.75, 3.05) is 13.7 Å². The molecule has 1 aliphatic heterocycles. The number of ether oxygens (including phenoxy) is 2. The van der Waals surface area contributed by atoms with Crippen molar-refractivity contribution in [2.45, 2.75) is 13.2 Å². The van der Waals surface area contributed by atoms with Gasteiger partial charge >= 0.3 is 0 Å². The van der Waals surface area contributed by atoms with Gasteiger partial charge in [0.05, 0.1) is 11.5 Å². The molecule has 0 amide bonds. The number of methoxy groups -OCH3 is 1. The first-order chi connectivity index (χ1) is 8.63. The van der Waals surface area contributed by atoms with Crippen LogP contribution in [-0.4, -0.2) is 25.7 Å². The van der Waals surface area contributed by atoms with Crippen LogP contribution in [-0.2, 0) is 4.74 Å². The van der Waals surface area contributed by atoms with Gasteiger partial charge < -0.3 is 9.47 Å². The molecule has 4 nitrogen and oxygen atoms in total. The summed E-state index contributed by atoms with van der Waals surface area (Å²) in [6, 6.07) is 5.27. The molecule has 0 fully saturated rings. The average Bonchev–Trinajstić information content (AvgIpc) is 2.36. The van der Waals surface area contributed by atoms with Gasteiger partial charge in [-0.1, -0.05) is 18.8 Å². The van der Waals surface area contributed by atoms with E-state index in [1.54, 1.807) is 32.2 Å². The summed E-state index contributed by atoms with van der Waals surface area (Å²) in [7, 11) is 1.59. The van der Waals surface area contributed by atoms with Gasteiger partial charge in [-0.05, 0) is 18.2 Å². The number of rotatable bonds is 1. The highest BCUT2D eigenvalue weighted by atomic mass is 35.5. The lowest BCUT2D eigenvalue weighted by atomic mass is 9.94. The quantitative estimate of drug-likeness (QED) is 0.795. The molecule has 0 radical (unpaired) electrons. The Kier molecular flexibility index (Phi) is 5.37. The van der Waals surface area contributed by atoms with Gasteiger partial charge in [-0.15, -0.1) is 12.4 Å². The highest BCUT2D eigenvalue weighted by Gasteiger charge is 2.31. The summed E-state index contributed by atoms with van der Waals surface area (Å²) in [6.07, 6.45) is -0.591. The molecule has 0 aliphatic carbocycles. The Morgan fingerprint density at radius 2 is 2.21 bits per heavy atom. The maximum atomic E-state index is 12.0. The smallest absolute Gasteiger partial charge is 0.174 e. The van der Waals surface area contributed by atoms with Crippen LogP contribution in [0.15, 0.2) is 18.2 Å². The number of benzene rings is 1. The highest BCUT2D eigenvalue weighted by molar-refractivity contribution is 6.01. The highest BCUT2D eigenvalue weighted by Crippen LogP contribution is 2.29. The van der Waals surface area contributed by atoms with E-state index in [0.29, 0.717) is 17.9 Å². The van der Waals surface area contributed by atoms with Gasteiger partial charge in [0.15, 0.2) is 12.0 Å². The molecule has 2 unspecified atom stereocenters. The molecule has 2 rings (SSSR count). The molecule has 1 aromatic rings. The van der Waals surface area contributed by atoms with Crippen molar-refractivity contribution >= 4 is 18.2 Å². The molecular formula is C14H16ClNO3. The Hall–Kier alpha value is -1.54. The zero-order chi connectivity index (χ0) is 13.1. The molecule has 0 bridgehead atoms. The zero-order valence-electron chi connectivity index (χ0n) is 10.8. The molecule has 5 heteroatoms. The van der Waals surface area contributed by atoms with E-state index in [0.717, 1.165) is 5.56 Å². The minimum atomic E-state index is -0.591. The minimum Gasteiger partial charge on any atom is -0.474 e. The first-order valence-electron chi connectivity index (χ1n) is 5.72. The number of Topliss-reactive ketones (excluding diaryl/α,β-unsaturated/α-hetero) is 1. The second-order valence-corrected chi connectivity index (χ2v) is 4.18. The maximum Gasteiger partial charge on any atom is 0.174 e. The van der Waals surface area contributed by atoms with Crippen molar-refractivity contribution in [3.8, 4) is 17.6 Å². The van der Waals surface area contributed by atoms with Crippen LogP contribution in [0.2, 0.25) is 0 Å². The van der Waals surface area contributed by atoms with E-state index < -0.39 is 6.23 Å². The van der Waals surface area contributed by atoms with E-state index in [2.05, 4.69) is 11.8 Å². The van der Waals surface area contributed by atoms with Crippen molar-refractivity contribution in [2.24, 2.45) is 11.7 Å². The van der Waals surface area contributed by atoms with E-state index in [9.17, 15) is 4.79 Å². The van der Waals surface area contributed by atoms with E-state index >= 15 is 0 Å². The summed E-state index contributed by atoms with van der Waals surface area (Å²) in [4.78, 5) is 12.0. The number of carbonyl (C=O) groups is 1. The van der Waals surface area contributed by atoms with Crippen molar-refractivity contribution in [3.63, 3.8) is 0 Å². The molecule has 1 aromatic carbocycles. The second kappa shape index (κ2) is 6.58. The van der Waals surface area contributed by atoms with Crippen LogP contribution in [0, 0.1) is 17.8 Å². The number of hydrogen-bond acceptors (Lipinski definition) is 4. The summed E-state index contributed by atoms with van der Waals surface area (Å²) >= 11 is 0. The van der Waals surface area contributed by atoms with Crippen molar-refractivity contribution in [3.05, 3.63) is 29.3 Å². The van der Waals surface area contributed by atoms with Gasteiger partial charge in [0, 0.05) is 12.7 Å². The summed E-state index contributed by atoms with van der Waals surface area (Å²) in [6.45, 7) is 2.13. The van der Waals surface area contributed by atoms with Crippen LogP contribution in [0.3, 0.4) is 0 Å². The lowest BCUT2D eigenvalue weighted by Gasteiger charge is -2.27. The first kappa shape index (κ1) is 15.5. The summed E-state index contributed by atoms with van der Waals surface area (Å²) in [5.41, 5.74) is 7.11. The van der Waals surface area contributed by atoms with E-state index in [1.807, 2.05) is 0 Å². The fourth-order valence-corrected chi connectivity index (χ4v) is 1.75. The average molecular weight is 282 g/mol. The van der Waals surface area contributed by atoms with Crippen LogP contribution in [0.1, 0.15) is 22.8 Å². The van der Waals surface area contributed by atoms with Gasteiger partial charge in [-0.25, -0.2) is 0 Å². The van der Waals surface area contributed by atoms with Gasteiger partial charge in [0.25, 0.3) is 0 Å². The summed E-state index contributed by atoms with van der Waals surface area (Å²) < 4.78 is 10.4. The van der Waals surface area contributed by atoms with Crippen molar-refractivity contribution in [1.29, 1.82) is 0 Å². The second-order valence-electron chi connectivity index (χ2n) is 4.18. The number of halogens is 1. The van der Waals surface area contributed by atoms with Crippen LogP contribution in [0.5, 0.6) is 5.75 Å². The fraction of sp³-hybridized carbons (Fsp3) is 0.357. The molecule has 1 aliphatic rings. The standard InChI is InChI=1S/C14H15NO3.ClH/c1-9-13(16)11-6-5-10(4-3-7-17-2)8-12(11)18-14(9)15;/h5-6,8-9,14H,7,15H2,1-2H3;1H. The van der Waals surface area contributed by atoms with Crippen LogP contribution >= 0.6 is 12.4 Å². The van der Waals surface area contributed by atoms with Gasteiger partial charge in [0.2, 0.25) is 0 Å². The number of carbonyl (C=O) groups excluding carboxylic acids is 1. The lowest BCUT2D eigenvalue weighted by molar-refractivity contribution is 0.0707. The predicted octanol–water partition coefficient (Wildman–Crippen LogP) is 1.60. The summed E-state index contributed by atoms with van der Waals surface area (Å²) in [5, 5.41) is 0. The Morgan fingerprint density at radius 3 is 2.89 bits per heavy atom. The third-order valence-corrected chi connectivity index (χ3v) is 2.87. The molecule has 0 saturated carbocycles. The summed E-state index contributed by atoms with van der Waals surface area (Å²) in [5.74, 6) is 5.98. The van der Waals surface area contributed by atoms with E-state index in [-0.39, 0.29) is 24.1 Å². The van der Waals surface area contributed by atoms with Crippen LogP contribution in [0.4, 0.5) is 0 Å². The normalized spacial score (nSPS) is 20.5. The lowest BCUT2D eigenvalue weighted by Crippen LogP contribution is -2.42. The van der Waals surface area contributed by atoms with Gasteiger partial charge in [-0.3, -0.25) is 10.5 Å². The van der Waals surface area contributed by atoms with Gasteiger partial charge in [-0.2, -0.15) is 0 Å². The number of hydrogen-bond donors (Lipinski definition) is 1. The third-order valence-electron chi connectivity index (χ3n) is 2.87. The van der Waals surface area contributed by atoms with E-state index in [4.69, 9.17) is 15.2 Å². The molecule has 1 heterocycles. The van der Waals surface area contributed by atoms with Gasteiger partial charge in [0.1, 0.15) is 12.4 Å². The Balaban J connectivity index is 0.00000180. The molecule has 0 spiro atoms. The maximum absolute atomic E-state index is 12.0. The van der Waals surface area contributed by atoms with Crippen LogP contribution in [0.25, 0.3) is 0 Å². The number of ketones is 1. The largest absolute Gasteiger partial charge is 0.474 e. The predicted molar refractivity (Wildman–Crippen MR) is 74.5 cm³/mol. The SMILES string of the molecule is COCC#Cc1ccc2c(c1)OC(N)C(C)C2=O.Cl. The zero-order valence-corrected chi connectivity index (χ0v) is 11.6. The first-order valence-corrected chi connectivity index (χ1v) is 5.72. The number of fused-ring (bicyclic) bond motifs is 1. The number of nitrogens with two attached hydrogens (primary N) is 1. The molecule has 0 saturated heterocycles. The topological polar surface area (TPSA) is 61.6 Å². The Morgan fingerprint density at radius 1 is 1.47 bits per heavy atom. The van der Waals surface area contributed by atoms with Crippen LogP contribution < -0.4 is 10.5 Å². The molecule has 102 valence electrons. The van der Waals surface area contributed by atoms with E-state index in [1.165, 1.54) is 0 Å². The van der Waals surface area contributed by atoms with Crippen molar-refractivity contribution < 1.29 is 14.3 Å². The molecule has 2 atom stereocenters. The minimum absolute atomic E-state index is 0. The molecule has 19 heavy (non-hydrogen) atoms. The molecule has 0 aromatic heterocycles. The monoisotopic (exact) mass is 281 g/mol. The Bertz CT molecular complexity index is 533. The molecule has 2 N–H and O–H groups in total. The fourth-order valence-electron chi connectivity index (χ4n) is 1.75. The molecular weight excluding hydrogens is 266 g/mol. The van der Waals surface area contributed by atoms with Crippen molar-refractivity contribution in [1.82, 2.24) is 0 Å². The Labute approximate surface area is 118 Å². The third kappa shape index (κ3) is 3.27.